The van der Waals surface area contributed by atoms with E-state index in [0.29, 0.717) is 0 Å². The zero-order valence-electron chi connectivity index (χ0n) is 8.25. The topological polar surface area (TPSA) is 20.2 Å². The summed E-state index contributed by atoms with van der Waals surface area (Å²) < 4.78 is 6.90. The number of hydrogen-bond acceptors (Lipinski definition) is 1. The average Bonchev–Trinajstić information content (AvgIpc) is 2.38. The molecule has 0 aromatic rings. The molecule has 66 valence electrons. The number of hydrogen-bond donors (Lipinski definition) is 1. The minimum atomic E-state index is 1.15. The van der Waals surface area contributed by atoms with E-state index < -0.39 is 0 Å². The third-order valence-electron chi connectivity index (χ3n) is 2.22. The van der Waals surface area contributed by atoms with E-state index in [-0.39, 0.29) is 0 Å². The fourth-order valence-electron chi connectivity index (χ4n) is 1.59. The first-order valence-corrected chi connectivity index (χ1v) is 4.42. The molecule has 1 unspecified atom stereocenters. The van der Waals surface area contributed by atoms with Crippen LogP contribution in [-0.4, -0.2) is 37.5 Å². The molecule has 0 aromatic carbocycles. The Kier molecular flexibility index (Phi) is 4.76. The van der Waals surface area contributed by atoms with Crippen molar-refractivity contribution < 1.29 is 9.38 Å². The van der Waals surface area contributed by atoms with Gasteiger partial charge in [-0.1, -0.05) is 6.58 Å². The standard InChI is InChI=1S/C8H16N.H3OP/c1-3-6-9(2)7-4-5-8-9;1-2/h3H,1,4-8H2,2H3;1H,2H2/q+1;/i;1T. The van der Waals surface area contributed by atoms with Gasteiger partial charge in [-0.05, 0) is 15.5 Å². The molecule has 11 heavy (non-hydrogen) atoms. The Morgan fingerprint density at radius 2 is 2.18 bits per heavy atom. The first kappa shape index (κ1) is 9.18. The highest BCUT2D eigenvalue weighted by Crippen LogP contribution is 2.15. The van der Waals surface area contributed by atoms with E-state index in [1.165, 1.54) is 30.4 Å². The van der Waals surface area contributed by atoms with Crippen LogP contribution in [0.3, 0.4) is 0 Å². The van der Waals surface area contributed by atoms with Crippen molar-refractivity contribution in [1.82, 2.24) is 0 Å². The summed E-state index contributed by atoms with van der Waals surface area (Å²) in [5.41, 5.74) is 0. The molecular formula is C8H19NOP+. The fourth-order valence-corrected chi connectivity index (χ4v) is 1.59. The molecule has 0 spiro atoms. The predicted molar refractivity (Wildman–Crippen MR) is 52.1 cm³/mol. The van der Waals surface area contributed by atoms with Crippen molar-refractivity contribution in [3.8, 4) is 0 Å². The lowest BCUT2D eigenvalue weighted by atomic mass is 10.4. The SMILES string of the molecule is C=CC[N+]1(C)CCCC1.[3H]OP. The summed E-state index contributed by atoms with van der Waals surface area (Å²) in [5, 5.41) is 0. The largest absolute Gasteiger partial charge is 0.380 e. The second-order valence-electron chi connectivity index (χ2n) is 3.25. The molecule has 1 heterocycles. The van der Waals surface area contributed by atoms with Crippen molar-refractivity contribution in [2.75, 3.05) is 26.7 Å². The van der Waals surface area contributed by atoms with Crippen molar-refractivity contribution >= 4 is 9.47 Å². The summed E-state index contributed by atoms with van der Waals surface area (Å²) in [7, 11) is 4.06. The maximum Gasteiger partial charge on any atom is 0.215 e. The van der Waals surface area contributed by atoms with Crippen LogP contribution in [0.2, 0.25) is 0 Å². The molecule has 2 nitrogen and oxygen atoms in total. The van der Waals surface area contributed by atoms with Gasteiger partial charge in [0, 0.05) is 12.8 Å². The third-order valence-corrected chi connectivity index (χ3v) is 2.22. The molecule has 0 radical (unpaired) electrons. The molecule has 3 heteroatoms. The monoisotopic (exact) mass is 178 g/mol. The van der Waals surface area contributed by atoms with Gasteiger partial charge >= 0.3 is 0 Å². The number of likely N-dealkylation sites (tertiary alicyclic amines) is 1. The lowest BCUT2D eigenvalue weighted by Crippen LogP contribution is -2.40. The van der Waals surface area contributed by atoms with E-state index in [1.54, 1.807) is 9.47 Å². The fraction of sp³-hybridized carbons (Fsp3) is 0.750. The number of rotatable bonds is 2. The molecule has 1 saturated heterocycles. The van der Waals surface area contributed by atoms with E-state index in [1.807, 2.05) is 6.08 Å². The van der Waals surface area contributed by atoms with Gasteiger partial charge in [0.1, 0.15) is 0 Å². The highest BCUT2D eigenvalue weighted by molar-refractivity contribution is 7.08. The third kappa shape index (κ3) is 3.85. The second kappa shape index (κ2) is 5.70. The van der Waals surface area contributed by atoms with Crippen LogP contribution in [0.5, 0.6) is 0 Å². The Morgan fingerprint density at radius 3 is 2.55 bits per heavy atom. The summed E-state index contributed by atoms with van der Waals surface area (Å²) in [6.07, 6.45) is 4.85. The second-order valence-corrected chi connectivity index (χ2v) is 3.25. The van der Waals surface area contributed by atoms with Crippen LogP contribution in [0.25, 0.3) is 0 Å². The van der Waals surface area contributed by atoms with Gasteiger partial charge < -0.3 is 9.38 Å². The lowest BCUT2D eigenvalue weighted by Gasteiger charge is -2.27. The quantitative estimate of drug-likeness (QED) is 0.382. The first-order valence-electron chi connectivity index (χ1n) is 4.36. The van der Waals surface area contributed by atoms with Crippen LogP contribution in [0, 0.1) is 0 Å². The van der Waals surface area contributed by atoms with Crippen LogP contribution in [0.15, 0.2) is 12.7 Å². The van der Waals surface area contributed by atoms with Crippen LogP contribution >= 0.6 is 9.47 Å². The molecule has 1 fully saturated rings. The van der Waals surface area contributed by atoms with E-state index in [9.17, 15) is 0 Å². The molecule has 0 amide bonds. The Bertz CT molecular complexity index is 126. The average molecular weight is 178 g/mol. The molecule has 1 N–H and O–H groups in total. The van der Waals surface area contributed by atoms with Crippen LogP contribution < -0.4 is 0 Å². The molecule has 1 aliphatic heterocycles. The smallest absolute Gasteiger partial charge is 0.215 e. The Labute approximate surface area is 73.3 Å². The van der Waals surface area contributed by atoms with Gasteiger partial charge in [0.05, 0.1) is 26.7 Å². The normalized spacial score (nSPS) is 21.5. The van der Waals surface area contributed by atoms with Crippen molar-refractivity contribution in [3.05, 3.63) is 12.7 Å². The number of likely N-dealkylation sites (N-methyl/N-ethyl adjacent to an activating group) is 1. The van der Waals surface area contributed by atoms with Crippen LogP contribution in [-0.2, 0) is 0 Å². The molecule has 0 aromatic heterocycles. The molecule has 0 bridgehead atoms. The molecule has 1 aliphatic rings. The van der Waals surface area contributed by atoms with Gasteiger partial charge in [0.2, 0.25) is 1.43 Å². The van der Waals surface area contributed by atoms with E-state index in [0.717, 1.165) is 6.54 Å². The zero-order chi connectivity index (χ0) is 9.45. The number of nitrogens with zero attached hydrogens (tertiary/aromatic N) is 1. The molecule has 1 atom stereocenters. The Hall–Kier alpha value is 0.0900. The van der Waals surface area contributed by atoms with E-state index in [2.05, 4.69) is 18.5 Å². The summed E-state index contributed by atoms with van der Waals surface area (Å²) in [4.78, 5) is 3.42. The van der Waals surface area contributed by atoms with Gasteiger partial charge in [0.25, 0.3) is 0 Å². The van der Waals surface area contributed by atoms with Crippen molar-refractivity contribution in [2.24, 2.45) is 0 Å². The lowest BCUT2D eigenvalue weighted by molar-refractivity contribution is -0.891. The predicted octanol–water partition coefficient (Wildman–Crippen LogP) is 1.18. The molecule has 1 rings (SSSR count). The van der Waals surface area contributed by atoms with Gasteiger partial charge in [0.15, 0.2) is 0 Å². The summed E-state index contributed by atoms with van der Waals surface area (Å²) in [5.74, 6) is 0. The number of quaternary nitrogens is 1. The summed E-state index contributed by atoms with van der Waals surface area (Å²) >= 11 is 0. The summed E-state index contributed by atoms with van der Waals surface area (Å²) in [6, 6.07) is 0. The highest BCUT2D eigenvalue weighted by atomic mass is 31.0. The van der Waals surface area contributed by atoms with Gasteiger partial charge in [-0.2, -0.15) is 0 Å². The summed E-state index contributed by atoms with van der Waals surface area (Å²) in [6.45, 7) is 7.61. The molecular weight excluding hydrogens is 157 g/mol. The van der Waals surface area contributed by atoms with Crippen LogP contribution in [0.1, 0.15) is 12.8 Å². The highest BCUT2D eigenvalue weighted by Gasteiger charge is 2.24. The van der Waals surface area contributed by atoms with Crippen molar-refractivity contribution in [3.63, 3.8) is 0 Å². The first-order chi connectivity index (χ1) is 5.68. The van der Waals surface area contributed by atoms with Crippen LogP contribution in [0.4, 0.5) is 0 Å². The van der Waals surface area contributed by atoms with Gasteiger partial charge in [-0.3, -0.25) is 0 Å². The van der Waals surface area contributed by atoms with Crippen molar-refractivity contribution in [1.29, 1.82) is 1.43 Å². The molecule has 0 saturated carbocycles. The maximum absolute atomic E-state index is 5.67. The minimum absolute atomic E-state index is 1.15. The van der Waals surface area contributed by atoms with Gasteiger partial charge in [-0.15, -0.1) is 0 Å². The molecule has 0 aliphatic carbocycles. The minimum Gasteiger partial charge on any atom is -0.380 e. The van der Waals surface area contributed by atoms with Crippen molar-refractivity contribution in [2.45, 2.75) is 12.8 Å². The Balaban J connectivity index is 0.000000354. The van der Waals surface area contributed by atoms with Gasteiger partial charge in [-0.25, -0.2) is 0 Å². The Morgan fingerprint density at radius 1 is 1.73 bits per heavy atom. The van der Waals surface area contributed by atoms with E-state index >= 15 is 0 Å². The zero-order valence-corrected chi connectivity index (χ0v) is 8.41. The van der Waals surface area contributed by atoms with E-state index in [4.69, 9.17) is 1.43 Å². The maximum atomic E-state index is 5.67.